The molecule has 344 valence electrons. The van der Waals surface area contributed by atoms with Crippen molar-refractivity contribution in [3.8, 4) is 0 Å². The van der Waals surface area contributed by atoms with Crippen LogP contribution in [0.1, 0.15) is 272 Å². The number of hydrogen-bond acceptors (Lipinski definition) is 5. The van der Waals surface area contributed by atoms with Crippen molar-refractivity contribution in [2.75, 3.05) is 32.8 Å². The summed E-state index contributed by atoms with van der Waals surface area (Å²) in [6.45, 7) is 16.4. The second-order valence-electron chi connectivity index (χ2n) is 19.0. The van der Waals surface area contributed by atoms with E-state index in [1.165, 1.54) is 219 Å². The molecule has 1 rings (SSSR count). The van der Waals surface area contributed by atoms with Crippen LogP contribution >= 0.6 is 0 Å². The van der Waals surface area contributed by atoms with Gasteiger partial charge in [-0.3, -0.25) is 9.59 Å². The van der Waals surface area contributed by atoms with E-state index in [9.17, 15) is 9.59 Å². The van der Waals surface area contributed by atoms with Crippen molar-refractivity contribution in [1.82, 2.24) is 4.90 Å². The molecule has 4 unspecified atom stereocenters. The van der Waals surface area contributed by atoms with Gasteiger partial charge in [-0.1, -0.05) is 208 Å². The number of carbonyl (C=O) groups excluding carboxylic acids is 2. The highest BCUT2D eigenvalue weighted by atomic mass is 16.5. The average molecular weight is 818 g/mol. The zero-order chi connectivity index (χ0) is 42.2. The topological polar surface area (TPSA) is 55.8 Å². The Balaban J connectivity index is 2.35. The third-order valence-electron chi connectivity index (χ3n) is 13.3. The first-order chi connectivity index (χ1) is 28.5. The van der Waals surface area contributed by atoms with Gasteiger partial charge in [-0.15, -0.1) is 0 Å². The highest BCUT2D eigenvalue weighted by Crippen LogP contribution is 2.30. The zero-order valence-corrected chi connectivity index (χ0v) is 40.1. The monoisotopic (exact) mass is 818 g/mol. The van der Waals surface area contributed by atoms with E-state index in [0.29, 0.717) is 13.2 Å². The predicted octanol–water partition coefficient (Wildman–Crippen LogP) is 16.4. The fraction of sp³-hybridized carbons (Fsp3) is 0.962. The Morgan fingerprint density at radius 2 is 0.724 bits per heavy atom. The molecule has 0 aliphatic carbocycles. The number of likely N-dealkylation sites (tertiary alicyclic amines) is 1. The first-order valence-electron chi connectivity index (χ1n) is 26.5. The van der Waals surface area contributed by atoms with E-state index < -0.39 is 0 Å². The second kappa shape index (κ2) is 41.3. The first kappa shape index (κ1) is 54.9. The summed E-state index contributed by atoms with van der Waals surface area (Å²) < 4.78 is 11.8. The van der Waals surface area contributed by atoms with E-state index >= 15 is 0 Å². The van der Waals surface area contributed by atoms with E-state index in [1.807, 2.05) is 0 Å². The van der Waals surface area contributed by atoms with Crippen LogP contribution < -0.4 is 0 Å². The van der Waals surface area contributed by atoms with Gasteiger partial charge in [-0.05, 0) is 82.6 Å². The van der Waals surface area contributed by atoms with E-state index in [1.54, 1.807) is 0 Å². The molecule has 0 spiro atoms. The molecule has 0 saturated carbocycles. The Kier molecular flexibility index (Phi) is 39.1. The molecule has 0 aromatic heterocycles. The molecule has 4 atom stereocenters. The van der Waals surface area contributed by atoms with Gasteiger partial charge in [0.15, 0.2) is 0 Å². The smallest absolute Gasteiger partial charge is 0.308 e. The third-order valence-corrected chi connectivity index (χ3v) is 13.3. The van der Waals surface area contributed by atoms with Crippen LogP contribution in [0.15, 0.2) is 0 Å². The number of rotatable bonds is 43. The summed E-state index contributed by atoms with van der Waals surface area (Å²) in [7, 11) is 0. The molecule has 1 fully saturated rings. The second-order valence-corrected chi connectivity index (χ2v) is 19.0. The number of ether oxygens (including phenoxy) is 2. The van der Waals surface area contributed by atoms with Gasteiger partial charge >= 0.3 is 11.9 Å². The maximum atomic E-state index is 13.1. The lowest BCUT2D eigenvalue weighted by Crippen LogP contribution is -2.41. The largest absolute Gasteiger partial charge is 0.465 e. The molecule has 5 heteroatoms. The Labute approximate surface area is 363 Å². The summed E-state index contributed by atoms with van der Waals surface area (Å²) in [4.78, 5) is 28.9. The Morgan fingerprint density at radius 3 is 1.10 bits per heavy atom. The first-order valence-corrected chi connectivity index (χ1v) is 26.5. The highest BCUT2D eigenvalue weighted by molar-refractivity contribution is 5.72. The van der Waals surface area contributed by atoms with E-state index in [-0.39, 0.29) is 23.8 Å². The van der Waals surface area contributed by atoms with Crippen molar-refractivity contribution in [2.24, 2.45) is 23.7 Å². The van der Waals surface area contributed by atoms with Gasteiger partial charge in [0.2, 0.25) is 0 Å². The minimum absolute atomic E-state index is 0.0876. The average Bonchev–Trinajstić information content (AvgIpc) is 3.23. The SMILES string of the molecule is CCCCCCCCC(CCCCCC)C(=O)OCCCCCCC1CC(CCCCCCOC(=O)C(CCCCCC)CCCCCCCC)CN(CCCC)C1. The number of esters is 2. The summed E-state index contributed by atoms with van der Waals surface area (Å²) in [5.41, 5.74) is 0. The van der Waals surface area contributed by atoms with Gasteiger partial charge in [0.1, 0.15) is 0 Å². The molecule has 0 aromatic rings. The van der Waals surface area contributed by atoms with E-state index in [0.717, 1.165) is 50.4 Å². The lowest BCUT2D eigenvalue weighted by Gasteiger charge is -2.38. The van der Waals surface area contributed by atoms with E-state index in [4.69, 9.17) is 9.47 Å². The van der Waals surface area contributed by atoms with Crippen molar-refractivity contribution in [3.05, 3.63) is 0 Å². The highest BCUT2D eigenvalue weighted by Gasteiger charge is 2.26. The lowest BCUT2D eigenvalue weighted by molar-refractivity contribution is -0.150. The van der Waals surface area contributed by atoms with Crippen LogP contribution in [-0.4, -0.2) is 49.7 Å². The molecule has 0 N–H and O–H groups in total. The molecule has 0 aromatic carbocycles. The molecule has 5 nitrogen and oxygen atoms in total. The van der Waals surface area contributed by atoms with Gasteiger partial charge in [-0.2, -0.15) is 0 Å². The van der Waals surface area contributed by atoms with Gasteiger partial charge < -0.3 is 14.4 Å². The number of piperidine rings is 1. The molecule has 0 bridgehead atoms. The molecule has 1 aliphatic rings. The Bertz CT molecular complexity index is 827. The normalized spacial score (nSPS) is 17.1. The summed E-state index contributed by atoms with van der Waals surface area (Å²) in [5.74, 6) is 2.06. The Morgan fingerprint density at radius 1 is 0.414 bits per heavy atom. The molecule has 1 aliphatic heterocycles. The van der Waals surface area contributed by atoms with Crippen LogP contribution in [0, 0.1) is 23.7 Å². The van der Waals surface area contributed by atoms with Crippen molar-refractivity contribution in [2.45, 2.75) is 272 Å². The minimum Gasteiger partial charge on any atom is -0.465 e. The maximum Gasteiger partial charge on any atom is 0.308 e. The van der Waals surface area contributed by atoms with Crippen LogP contribution in [0.2, 0.25) is 0 Å². The minimum atomic E-state index is 0.0876. The van der Waals surface area contributed by atoms with E-state index in [2.05, 4.69) is 39.5 Å². The summed E-state index contributed by atoms with van der Waals surface area (Å²) in [6, 6.07) is 0. The van der Waals surface area contributed by atoms with Gasteiger partial charge in [-0.25, -0.2) is 0 Å². The van der Waals surface area contributed by atoms with Crippen LogP contribution in [0.3, 0.4) is 0 Å². The molecule has 1 saturated heterocycles. The number of unbranched alkanes of at least 4 members (excludes halogenated alkanes) is 23. The number of hydrogen-bond donors (Lipinski definition) is 0. The van der Waals surface area contributed by atoms with Crippen molar-refractivity contribution >= 4 is 11.9 Å². The molecular formula is C53H103NO4. The molecule has 0 radical (unpaired) electrons. The molecule has 1 heterocycles. The summed E-state index contributed by atoms with van der Waals surface area (Å²) >= 11 is 0. The van der Waals surface area contributed by atoms with Crippen molar-refractivity contribution < 1.29 is 19.1 Å². The quantitative estimate of drug-likeness (QED) is 0.0453. The fourth-order valence-corrected chi connectivity index (χ4v) is 9.50. The standard InChI is InChI=1S/C53H103NO4/c1-6-11-16-20-22-32-40-50(38-30-18-13-8-3)52(55)57-43-34-26-24-28-36-48-45-49(47-54(46-48)42-15-10-5)37-29-25-27-35-44-58-53(56)51(39-31-19-14-9-4)41-33-23-21-17-12-7-2/h48-51H,6-47H2,1-5H3. The van der Waals surface area contributed by atoms with Gasteiger partial charge in [0.05, 0.1) is 25.0 Å². The van der Waals surface area contributed by atoms with Gasteiger partial charge in [0.25, 0.3) is 0 Å². The van der Waals surface area contributed by atoms with Crippen LogP contribution in [0.5, 0.6) is 0 Å². The van der Waals surface area contributed by atoms with Crippen LogP contribution in [0.25, 0.3) is 0 Å². The van der Waals surface area contributed by atoms with Crippen LogP contribution in [-0.2, 0) is 19.1 Å². The molecule has 58 heavy (non-hydrogen) atoms. The molecule has 0 amide bonds. The van der Waals surface area contributed by atoms with Crippen LogP contribution in [0.4, 0.5) is 0 Å². The zero-order valence-electron chi connectivity index (χ0n) is 40.1. The maximum absolute atomic E-state index is 13.1. The molecular weight excluding hydrogens is 715 g/mol. The van der Waals surface area contributed by atoms with Crippen molar-refractivity contribution in [3.63, 3.8) is 0 Å². The summed E-state index contributed by atoms with van der Waals surface area (Å²) in [5, 5.41) is 0. The fourth-order valence-electron chi connectivity index (χ4n) is 9.50. The summed E-state index contributed by atoms with van der Waals surface area (Å²) in [6.07, 6.45) is 45.5. The van der Waals surface area contributed by atoms with Gasteiger partial charge in [0, 0.05) is 13.1 Å². The number of nitrogens with zero attached hydrogens (tertiary/aromatic N) is 1. The number of carbonyl (C=O) groups is 2. The van der Waals surface area contributed by atoms with Crippen molar-refractivity contribution in [1.29, 1.82) is 0 Å². The lowest BCUT2D eigenvalue weighted by atomic mass is 9.83. The Hall–Kier alpha value is -1.10. The predicted molar refractivity (Wildman–Crippen MR) is 252 cm³/mol. The third kappa shape index (κ3) is 31.7.